The van der Waals surface area contributed by atoms with Crippen LogP contribution < -0.4 is 10.2 Å². The Labute approximate surface area is 143 Å². The van der Waals surface area contributed by atoms with Gasteiger partial charge in [-0.2, -0.15) is 0 Å². The maximum Gasteiger partial charge on any atom is 0.317 e. The van der Waals surface area contributed by atoms with Crippen molar-refractivity contribution in [1.29, 1.82) is 0 Å². The van der Waals surface area contributed by atoms with Crippen LogP contribution in [0.25, 0.3) is 0 Å². The van der Waals surface area contributed by atoms with Gasteiger partial charge in [0, 0.05) is 37.3 Å². The Kier molecular flexibility index (Phi) is 4.17. The molecule has 5 nitrogen and oxygen atoms in total. The smallest absolute Gasteiger partial charge is 0.317 e. The van der Waals surface area contributed by atoms with Gasteiger partial charge in [0.2, 0.25) is 5.91 Å². The van der Waals surface area contributed by atoms with Gasteiger partial charge in [-0.1, -0.05) is 18.2 Å². The molecule has 0 radical (unpaired) electrons. The molecule has 0 aromatic heterocycles. The van der Waals surface area contributed by atoms with Gasteiger partial charge in [0.25, 0.3) is 0 Å². The molecule has 128 valence electrons. The van der Waals surface area contributed by atoms with Gasteiger partial charge >= 0.3 is 6.03 Å². The largest absolute Gasteiger partial charge is 0.335 e. The second-order valence-corrected chi connectivity index (χ2v) is 7.21. The minimum absolute atomic E-state index is 0.0427. The van der Waals surface area contributed by atoms with E-state index in [1.807, 2.05) is 21.9 Å². The molecule has 2 heterocycles. The lowest BCUT2D eigenvalue weighted by atomic mass is 9.93. The van der Waals surface area contributed by atoms with Gasteiger partial charge in [-0.05, 0) is 50.2 Å². The van der Waals surface area contributed by atoms with Gasteiger partial charge in [-0.25, -0.2) is 4.79 Å². The lowest BCUT2D eigenvalue weighted by Gasteiger charge is -2.36. The SMILES string of the molecule is O=C(NC1CC1)N1CCC(C(=O)N2CCCc3ccccc32)CC1. The molecule has 1 saturated carbocycles. The monoisotopic (exact) mass is 327 g/mol. The molecule has 0 spiro atoms. The molecule has 5 heteroatoms. The number of urea groups is 1. The number of fused-ring (bicyclic) bond motifs is 1. The lowest BCUT2D eigenvalue weighted by Crippen LogP contribution is -2.48. The average molecular weight is 327 g/mol. The van der Waals surface area contributed by atoms with Crippen molar-refractivity contribution in [1.82, 2.24) is 10.2 Å². The van der Waals surface area contributed by atoms with Crippen LogP contribution in [0.5, 0.6) is 0 Å². The second kappa shape index (κ2) is 6.46. The lowest BCUT2D eigenvalue weighted by molar-refractivity contribution is -0.123. The van der Waals surface area contributed by atoms with E-state index in [2.05, 4.69) is 17.4 Å². The number of hydrogen-bond acceptors (Lipinski definition) is 2. The fraction of sp³-hybridized carbons (Fsp3) is 0.579. The quantitative estimate of drug-likeness (QED) is 0.907. The van der Waals surface area contributed by atoms with E-state index in [0.29, 0.717) is 19.1 Å². The topological polar surface area (TPSA) is 52.7 Å². The molecule has 1 aliphatic carbocycles. The Hall–Kier alpha value is -2.04. The zero-order valence-corrected chi connectivity index (χ0v) is 14.0. The average Bonchev–Trinajstić information content (AvgIpc) is 3.45. The maximum atomic E-state index is 13.0. The fourth-order valence-corrected chi connectivity index (χ4v) is 3.81. The number of aryl methyl sites for hydroxylation is 1. The highest BCUT2D eigenvalue weighted by Crippen LogP contribution is 2.30. The van der Waals surface area contributed by atoms with E-state index in [1.54, 1.807) is 0 Å². The van der Waals surface area contributed by atoms with Crippen LogP contribution in [0, 0.1) is 5.92 Å². The number of nitrogens with one attached hydrogen (secondary N) is 1. The minimum Gasteiger partial charge on any atom is -0.335 e. The van der Waals surface area contributed by atoms with Crippen LogP contribution in [0.4, 0.5) is 10.5 Å². The summed E-state index contributed by atoms with van der Waals surface area (Å²) >= 11 is 0. The molecular weight excluding hydrogens is 302 g/mol. The number of piperidine rings is 1. The summed E-state index contributed by atoms with van der Waals surface area (Å²) < 4.78 is 0. The Balaban J connectivity index is 1.37. The molecule has 3 amide bonds. The van der Waals surface area contributed by atoms with Gasteiger partial charge in [0.1, 0.15) is 0 Å². The van der Waals surface area contributed by atoms with Gasteiger partial charge < -0.3 is 15.1 Å². The highest BCUT2D eigenvalue weighted by Gasteiger charge is 2.33. The zero-order chi connectivity index (χ0) is 16.5. The third kappa shape index (κ3) is 3.12. The molecule has 1 aromatic rings. The van der Waals surface area contributed by atoms with Crippen LogP contribution in [0.15, 0.2) is 24.3 Å². The molecule has 24 heavy (non-hydrogen) atoms. The third-order valence-electron chi connectivity index (χ3n) is 5.41. The first-order valence-corrected chi connectivity index (χ1v) is 9.17. The molecule has 4 rings (SSSR count). The first-order valence-electron chi connectivity index (χ1n) is 9.17. The highest BCUT2D eigenvalue weighted by molar-refractivity contribution is 5.96. The molecule has 2 fully saturated rings. The van der Waals surface area contributed by atoms with E-state index >= 15 is 0 Å². The van der Waals surface area contributed by atoms with E-state index < -0.39 is 0 Å². The first-order chi connectivity index (χ1) is 11.7. The number of carbonyl (C=O) groups is 2. The number of likely N-dealkylation sites (tertiary alicyclic amines) is 1. The fourth-order valence-electron chi connectivity index (χ4n) is 3.81. The zero-order valence-electron chi connectivity index (χ0n) is 14.0. The van der Waals surface area contributed by atoms with Crippen LogP contribution in [-0.2, 0) is 11.2 Å². The van der Waals surface area contributed by atoms with Crippen molar-refractivity contribution in [2.24, 2.45) is 5.92 Å². The number of para-hydroxylation sites is 1. The highest BCUT2D eigenvalue weighted by atomic mass is 16.2. The van der Waals surface area contributed by atoms with Crippen molar-refractivity contribution >= 4 is 17.6 Å². The van der Waals surface area contributed by atoms with E-state index in [0.717, 1.165) is 50.8 Å². The molecule has 2 aliphatic heterocycles. The van der Waals surface area contributed by atoms with Crippen molar-refractivity contribution in [3.63, 3.8) is 0 Å². The van der Waals surface area contributed by atoms with Crippen LogP contribution in [0.1, 0.15) is 37.7 Å². The summed E-state index contributed by atoms with van der Waals surface area (Å²) in [4.78, 5) is 28.9. The van der Waals surface area contributed by atoms with E-state index in [1.165, 1.54) is 5.56 Å². The standard InChI is InChI=1S/C19H25N3O2/c23-18(22-11-3-5-14-4-1-2-6-17(14)22)15-9-12-21(13-10-15)19(24)20-16-7-8-16/h1-2,4,6,15-16H,3,5,7-13H2,(H,20,24). The van der Waals surface area contributed by atoms with Gasteiger partial charge in [-0.15, -0.1) is 0 Å². The summed E-state index contributed by atoms with van der Waals surface area (Å²) in [6.45, 7) is 2.19. The summed E-state index contributed by atoms with van der Waals surface area (Å²) in [5.41, 5.74) is 2.36. The summed E-state index contributed by atoms with van der Waals surface area (Å²) in [5, 5.41) is 3.04. The Morgan fingerprint density at radius 2 is 1.75 bits per heavy atom. The molecular formula is C19H25N3O2. The number of rotatable bonds is 2. The Bertz CT molecular complexity index is 633. The molecule has 1 N–H and O–H groups in total. The number of nitrogens with zero attached hydrogens (tertiary/aromatic N) is 2. The first kappa shape index (κ1) is 15.5. The third-order valence-corrected chi connectivity index (χ3v) is 5.41. The van der Waals surface area contributed by atoms with Crippen molar-refractivity contribution in [3.8, 4) is 0 Å². The number of benzene rings is 1. The molecule has 0 atom stereocenters. The summed E-state index contributed by atoms with van der Waals surface area (Å²) in [7, 11) is 0. The van der Waals surface area contributed by atoms with Gasteiger partial charge in [0.15, 0.2) is 0 Å². The molecule has 0 bridgehead atoms. The predicted octanol–water partition coefficient (Wildman–Crippen LogP) is 2.55. The van der Waals surface area contributed by atoms with E-state index in [9.17, 15) is 9.59 Å². The van der Waals surface area contributed by atoms with Crippen molar-refractivity contribution in [3.05, 3.63) is 29.8 Å². The van der Waals surface area contributed by atoms with Crippen LogP contribution in [-0.4, -0.2) is 42.5 Å². The number of carbonyl (C=O) groups excluding carboxylic acids is 2. The summed E-state index contributed by atoms with van der Waals surface area (Å²) in [5.74, 6) is 0.283. The van der Waals surface area contributed by atoms with Crippen LogP contribution in [0.3, 0.4) is 0 Å². The molecule has 0 unspecified atom stereocenters. The van der Waals surface area contributed by atoms with Crippen LogP contribution in [0.2, 0.25) is 0 Å². The van der Waals surface area contributed by atoms with Gasteiger partial charge in [-0.3, -0.25) is 4.79 Å². The number of amides is 3. The van der Waals surface area contributed by atoms with Crippen molar-refractivity contribution in [2.45, 2.75) is 44.6 Å². The van der Waals surface area contributed by atoms with Crippen molar-refractivity contribution in [2.75, 3.05) is 24.5 Å². The second-order valence-electron chi connectivity index (χ2n) is 7.21. The summed E-state index contributed by atoms with van der Waals surface area (Å²) in [6, 6.07) is 8.68. The Morgan fingerprint density at radius 3 is 2.50 bits per heavy atom. The minimum atomic E-state index is 0.0427. The molecule has 1 aromatic carbocycles. The Morgan fingerprint density at radius 1 is 1.00 bits per heavy atom. The summed E-state index contributed by atoms with van der Waals surface area (Å²) in [6.07, 6.45) is 5.85. The van der Waals surface area contributed by atoms with Gasteiger partial charge in [0.05, 0.1) is 0 Å². The molecule has 3 aliphatic rings. The predicted molar refractivity (Wildman–Crippen MR) is 93.0 cm³/mol. The number of anilines is 1. The number of hydrogen-bond donors (Lipinski definition) is 1. The van der Waals surface area contributed by atoms with Crippen molar-refractivity contribution < 1.29 is 9.59 Å². The van der Waals surface area contributed by atoms with E-state index in [4.69, 9.17) is 0 Å². The molecule has 1 saturated heterocycles. The maximum absolute atomic E-state index is 13.0. The normalized spacial score (nSPS) is 21.3. The van der Waals surface area contributed by atoms with Crippen LogP contribution >= 0.6 is 0 Å². The van der Waals surface area contributed by atoms with E-state index in [-0.39, 0.29) is 17.9 Å².